The summed E-state index contributed by atoms with van der Waals surface area (Å²) < 4.78 is 0. The van der Waals surface area contributed by atoms with Gasteiger partial charge in [0.2, 0.25) is 11.9 Å². The normalized spacial score (nSPS) is 22.1. The highest BCUT2D eigenvalue weighted by molar-refractivity contribution is 5.82. The zero-order valence-corrected chi connectivity index (χ0v) is 12.4. The summed E-state index contributed by atoms with van der Waals surface area (Å²) in [4.78, 5) is 22.5. The van der Waals surface area contributed by atoms with Gasteiger partial charge in [-0.2, -0.15) is 4.98 Å². The standard InChI is InChI=1S/C14H23N5O/c1-4-6-16-13-17-10(2)8-11(18-13)19-7-5-14(3,9-19)12(15)20/h8H,4-7,9H2,1-3H3,(H2,15,20)(H,16,17,18). The van der Waals surface area contributed by atoms with Gasteiger partial charge in [-0.25, -0.2) is 4.98 Å². The van der Waals surface area contributed by atoms with E-state index in [2.05, 4.69) is 27.1 Å². The molecule has 2 heterocycles. The Bertz CT molecular complexity index is 504. The van der Waals surface area contributed by atoms with Crippen molar-refractivity contribution < 1.29 is 4.79 Å². The number of nitrogens with two attached hydrogens (primary N) is 1. The summed E-state index contributed by atoms with van der Waals surface area (Å²) in [5, 5.41) is 3.20. The molecule has 1 aromatic heterocycles. The summed E-state index contributed by atoms with van der Waals surface area (Å²) in [6.07, 6.45) is 1.79. The van der Waals surface area contributed by atoms with Gasteiger partial charge in [0.15, 0.2) is 0 Å². The van der Waals surface area contributed by atoms with Crippen molar-refractivity contribution >= 4 is 17.7 Å². The third kappa shape index (κ3) is 3.00. The minimum atomic E-state index is -0.462. The van der Waals surface area contributed by atoms with Crippen LogP contribution < -0.4 is 16.0 Å². The fourth-order valence-electron chi connectivity index (χ4n) is 2.39. The summed E-state index contributed by atoms with van der Waals surface area (Å²) in [6.45, 7) is 8.23. The van der Waals surface area contributed by atoms with Crippen LogP contribution >= 0.6 is 0 Å². The Morgan fingerprint density at radius 2 is 2.30 bits per heavy atom. The lowest BCUT2D eigenvalue weighted by Crippen LogP contribution is -2.37. The molecule has 1 aliphatic rings. The first-order chi connectivity index (χ1) is 9.44. The van der Waals surface area contributed by atoms with E-state index in [1.807, 2.05) is 19.9 Å². The number of nitrogens with zero attached hydrogens (tertiary/aromatic N) is 3. The van der Waals surface area contributed by atoms with Crippen molar-refractivity contribution in [3.63, 3.8) is 0 Å². The van der Waals surface area contributed by atoms with Crippen molar-refractivity contribution in [3.05, 3.63) is 11.8 Å². The van der Waals surface area contributed by atoms with Gasteiger partial charge < -0.3 is 16.0 Å². The maximum Gasteiger partial charge on any atom is 0.225 e. The Morgan fingerprint density at radius 3 is 2.90 bits per heavy atom. The predicted molar refractivity (Wildman–Crippen MR) is 79.7 cm³/mol. The van der Waals surface area contributed by atoms with Gasteiger partial charge >= 0.3 is 0 Å². The predicted octanol–water partition coefficient (Wildman–Crippen LogP) is 1.31. The molecule has 1 saturated heterocycles. The highest BCUT2D eigenvalue weighted by Gasteiger charge is 2.39. The Kier molecular flexibility index (Phi) is 4.11. The van der Waals surface area contributed by atoms with Crippen LogP contribution in [0.25, 0.3) is 0 Å². The Balaban J connectivity index is 2.17. The van der Waals surface area contributed by atoms with Gasteiger partial charge in [0.1, 0.15) is 5.82 Å². The van der Waals surface area contributed by atoms with E-state index in [0.29, 0.717) is 12.5 Å². The number of aryl methyl sites for hydroxylation is 1. The molecular weight excluding hydrogens is 254 g/mol. The van der Waals surface area contributed by atoms with Crippen molar-refractivity contribution in [1.82, 2.24) is 9.97 Å². The molecule has 1 atom stereocenters. The number of aromatic nitrogens is 2. The number of anilines is 2. The quantitative estimate of drug-likeness (QED) is 0.847. The fraction of sp³-hybridized carbons (Fsp3) is 0.643. The van der Waals surface area contributed by atoms with Crippen LogP contribution in [0.4, 0.5) is 11.8 Å². The molecule has 0 aliphatic carbocycles. The number of amides is 1. The molecule has 1 aromatic rings. The summed E-state index contributed by atoms with van der Waals surface area (Å²) >= 11 is 0. The molecule has 2 rings (SSSR count). The second-order valence-corrected chi connectivity index (χ2v) is 5.71. The summed E-state index contributed by atoms with van der Waals surface area (Å²) in [5.41, 5.74) is 5.94. The number of carbonyl (C=O) groups excluding carboxylic acids is 1. The summed E-state index contributed by atoms with van der Waals surface area (Å²) in [7, 11) is 0. The lowest BCUT2D eigenvalue weighted by atomic mass is 9.89. The number of carbonyl (C=O) groups is 1. The lowest BCUT2D eigenvalue weighted by molar-refractivity contribution is -0.125. The SMILES string of the molecule is CCCNc1nc(C)cc(N2CCC(C)(C(N)=O)C2)n1. The molecule has 1 fully saturated rings. The monoisotopic (exact) mass is 277 g/mol. The Labute approximate surface area is 119 Å². The van der Waals surface area contributed by atoms with Gasteiger partial charge in [0.25, 0.3) is 0 Å². The number of hydrogen-bond donors (Lipinski definition) is 2. The molecule has 6 heteroatoms. The number of nitrogens with one attached hydrogen (secondary N) is 1. The number of hydrogen-bond acceptors (Lipinski definition) is 5. The third-order valence-corrected chi connectivity index (χ3v) is 3.77. The molecule has 110 valence electrons. The van der Waals surface area contributed by atoms with Crippen molar-refractivity contribution in [1.29, 1.82) is 0 Å². The molecule has 3 N–H and O–H groups in total. The van der Waals surface area contributed by atoms with Crippen molar-refractivity contribution in [2.24, 2.45) is 11.1 Å². The lowest BCUT2D eigenvalue weighted by Gasteiger charge is -2.22. The first kappa shape index (κ1) is 14.6. The van der Waals surface area contributed by atoms with Gasteiger partial charge in [0, 0.05) is 31.4 Å². The average Bonchev–Trinajstić information content (AvgIpc) is 2.80. The Hall–Kier alpha value is -1.85. The van der Waals surface area contributed by atoms with Crippen LogP contribution in [0.2, 0.25) is 0 Å². The average molecular weight is 277 g/mol. The first-order valence-electron chi connectivity index (χ1n) is 7.09. The maximum atomic E-state index is 11.5. The second kappa shape index (κ2) is 5.64. The van der Waals surface area contributed by atoms with Crippen LogP contribution in [0.3, 0.4) is 0 Å². The largest absolute Gasteiger partial charge is 0.369 e. The van der Waals surface area contributed by atoms with Crippen molar-refractivity contribution in [2.45, 2.75) is 33.6 Å². The van der Waals surface area contributed by atoms with E-state index in [1.165, 1.54) is 0 Å². The van der Waals surface area contributed by atoms with Crippen molar-refractivity contribution in [2.75, 3.05) is 29.9 Å². The molecule has 0 saturated carbocycles. The molecule has 1 aliphatic heterocycles. The van der Waals surface area contributed by atoms with E-state index >= 15 is 0 Å². The van der Waals surface area contributed by atoms with Gasteiger partial charge in [0.05, 0.1) is 5.41 Å². The van der Waals surface area contributed by atoms with E-state index in [9.17, 15) is 4.79 Å². The topological polar surface area (TPSA) is 84.1 Å². The van der Waals surface area contributed by atoms with E-state index in [-0.39, 0.29) is 5.91 Å². The van der Waals surface area contributed by atoms with Crippen LogP contribution in [-0.2, 0) is 4.79 Å². The second-order valence-electron chi connectivity index (χ2n) is 5.71. The van der Waals surface area contributed by atoms with Gasteiger partial charge in [-0.05, 0) is 26.7 Å². The molecular formula is C14H23N5O. The van der Waals surface area contributed by atoms with E-state index in [0.717, 1.165) is 37.4 Å². The molecule has 0 bridgehead atoms. The smallest absolute Gasteiger partial charge is 0.225 e. The number of rotatable bonds is 5. The zero-order valence-electron chi connectivity index (χ0n) is 12.4. The van der Waals surface area contributed by atoms with Crippen LogP contribution in [0.15, 0.2) is 6.07 Å². The molecule has 20 heavy (non-hydrogen) atoms. The van der Waals surface area contributed by atoms with Gasteiger partial charge in [-0.1, -0.05) is 6.92 Å². The van der Waals surface area contributed by atoms with Gasteiger partial charge in [-0.15, -0.1) is 0 Å². The fourth-order valence-corrected chi connectivity index (χ4v) is 2.39. The van der Waals surface area contributed by atoms with Crippen LogP contribution in [0.1, 0.15) is 32.4 Å². The van der Waals surface area contributed by atoms with E-state index in [4.69, 9.17) is 5.73 Å². The number of primary amides is 1. The summed E-state index contributed by atoms with van der Waals surface area (Å²) in [5.74, 6) is 1.27. The first-order valence-corrected chi connectivity index (χ1v) is 7.09. The molecule has 1 amide bonds. The van der Waals surface area contributed by atoms with Gasteiger partial charge in [-0.3, -0.25) is 4.79 Å². The van der Waals surface area contributed by atoms with Crippen LogP contribution in [0.5, 0.6) is 0 Å². The highest BCUT2D eigenvalue weighted by Crippen LogP contribution is 2.32. The van der Waals surface area contributed by atoms with E-state index < -0.39 is 5.41 Å². The maximum absolute atomic E-state index is 11.5. The minimum Gasteiger partial charge on any atom is -0.369 e. The minimum absolute atomic E-state index is 0.241. The highest BCUT2D eigenvalue weighted by atomic mass is 16.1. The molecule has 0 spiro atoms. The molecule has 1 unspecified atom stereocenters. The van der Waals surface area contributed by atoms with Crippen LogP contribution in [0, 0.1) is 12.3 Å². The molecule has 6 nitrogen and oxygen atoms in total. The van der Waals surface area contributed by atoms with E-state index in [1.54, 1.807) is 0 Å². The Morgan fingerprint density at radius 1 is 1.55 bits per heavy atom. The van der Waals surface area contributed by atoms with Crippen molar-refractivity contribution in [3.8, 4) is 0 Å². The summed E-state index contributed by atoms with van der Waals surface area (Å²) in [6, 6.07) is 1.95. The molecule has 0 radical (unpaired) electrons. The van der Waals surface area contributed by atoms with Crippen LogP contribution in [-0.4, -0.2) is 35.5 Å². The third-order valence-electron chi connectivity index (χ3n) is 3.77. The molecule has 0 aromatic carbocycles. The zero-order chi connectivity index (χ0) is 14.8.